The normalized spacial score (nSPS) is 16.5. The average Bonchev–Trinajstić information content (AvgIpc) is 2.93. The van der Waals surface area contributed by atoms with Crippen molar-refractivity contribution in [1.82, 2.24) is 5.32 Å². The molecule has 0 bridgehead atoms. The fourth-order valence-corrected chi connectivity index (χ4v) is 2.58. The van der Waals surface area contributed by atoms with Crippen LogP contribution in [0.3, 0.4) is 0 Å². The monoisotopic (exact) mass is 311 g/mol. The van der Waals surface area contributed by atoms with Crippen LogP contribution in [0.1, 0.15) is 43.0 Å². The molecular weight excluding hydrogens is 294 g/mol. The van der Waals surface area contributed by atoms with Gasteiger partial charge in [-0.05, 0) is 38.0 Å². The molecule has 1 aromatic carbocycles. The van der Waals surface area contributed by atoms with Gasteiger partial charge in [0.15, 0.2) is 6.10 Å². The Balaban J connectivity index is 2.03. The van der Waals surface area contributed by atoms with Crippen LogP contribution in [0.4, 0.5) is 0 Å². The molecule has 0 radical (unpaired) electrons. The minimum absolute atomic E-state index is 0.0528. The highest BCUT2D eigenvalue weighted by Crippen LogP contribution is 2.24. The number of carboxylic acids is 1. The van der Waals surface area contributed by atoms with E-state index < -0.39 is 12.1 Å². The summed E-state index contributed by atoms with van der Waals surface area (Å²) < 4.78 is 5.48. The first-order valence-corrected chi connectivity index (χ1v) is 7.35. The van der Waals surface area contributed by atoms with E-state index in [1.165, 1.54) is 18.2 Å². The molecule has 1 unspecified atom stereocenters. The van der Waals surface area contributed by atoms with Crippen LogP contribution in [0.25, 0.3) is 0 Å². The number of hydrogen-bond acceptors (Lipinski definition) is 3. The van der Waals surface area contributed by atoms with E-state index in [9.17, 15) is 9.59 Å². The Labute approximate surface area is 128 Å². The molecule has 1 atom stereocenters. The molecule has 1 fully saturated rings. The van der Waals surface area contributed by atoms with E-state index >= 15 is 0 Å². The molecule has 0 saturated heterocycles. The molecule has 0 aromatic heterocycles. The maximum Gasteiger partial charge on any atom is 0.339 e. The maximum absolute atomic E-state index is 12.0. The van der Waals surface area contributed by atoms with Gasteiger partial charge in [-0.2, -0.15) is 0 Å². The number of halogens is 1. The third-order valence-corrected chi connectivity index (χ3v) is 3.78. The Bertz CT molecular complexity index is 540. The van der Waals surface area contributed by atoms with E-state index in [1.54, 1.807) is 6.92 Å². The molecule has 1 aliphatic rings. The molecule has 2 N–H and O–H groups in total. The third kappa shape index (κ3) is 4.11. The van der Waals surface area contributed by atoms with Gasteiger partial charge in [0.1, 0.15) is 11.3 Å². The van der Waals surface area contributed by atoms with Gasteiger partial charge in [-0.1, -0.05) is 24.4 Å². The van der Waals surface area contributed by atoms with Crippen LogP contribution in [0.2, 0.25) is 5.02 Å². The molecule has 2 rings (SSSR count). The standard InChI is InChI=1S/C15H18ClNO4/c1-9(14(18)17-11-4-2-3-5-11)21-13-7-6-10(16)8-12(13)15(19)20/h6-9,11H,2-5H2,1H3,(H,17,18)(H,19,20). The molecule has 1 aliphatic carbocycles. The van der Waals surface area contributed by atoms with Gasteiger partial charge in [0, 0.05) is 11.1 Å². The van der Waals surface area contributed by atoms with Crippen molar-refractivity contribution < 1.29 is 19.4 Å². The van der Waals surface area contributed by atoms with Gasteiger partial charge >= 0.3 is 5.97 Å². The van der Waals surface area contributed by atoms with Crippen molar-refractivity contribution in [2.24, 2.45) is 0 Å². The number of amides is 1. The zero-order valence-corrected chi connectivity index (χ0v) is 12.5. The van der Waals surface area contributed by atoms with Crippen LogP contribution in [0.15, 0.2) is 18.2 Å². The summed E-state index contributed by atoms with van der Waals surface area (Å²) in [5, 5.41) is 12.4. The summed E-state index contributed by atoms with van der Waals surface area (Å²) >= 11 is 5.78. The fourth-order valence-electron chi connectivity index (χ4n) is 2.40. The van der Waals surface area contributed by atoms with E-state index in [4.69, 9.17) is 21.4 Å². The van der Waals surface area contributed by atoms with Crippen LogP contribution in [0.5, 0.6) is 5.75 Å². The Morgan fingerprint density at radius 1 is 1.38 bits per heavy atom. The summed E-state index contributed by atoms with van der Waals surface area (Å²) in [6.45, 7) is 1.60. The summed E-state index contributed by atoms with van der Waals surface area (Å²) in [4.78, 5) is 23.2. The van der Waals surface area contributed by atoms with Crippen LogP contribution in [-0.2, 0) is 4.79 Å². The largest absolute Gasteiger partial charge is 0.480 e. The molecule has 0 aliphatic heterocycles. The lowest BCUT2D eigenvalue weighted by Crippen LogP contribution is -2.41. The molecule has 6 heteroatoms. The van der Waals surface area contributed by atoms with Crippen LogP contribution < -0.4 is 10.1 Å². The first-order chi connectivity index (χ1) is 9.97. The highest BCUT2D eigenvalue weighted by atomic mass is 35.5. The van der Waals surface area contributed by atoms with Crippen molar-refractivity contribution in [2.45, 2.75) is 44.8 Å². The molecule has 1 aromatic rings. The second-order valence-electron chi connectivity index (χ2n) is 5.20. The van der Waals surface area contributed by atoms with Gasteiger partial charge < -0.3 is 15.2 Å². The molecular formula is C15H18ClNO4. The maximum atomic E-state index is 12.0. The van der Waals surface area contributed by atoms with Crippen molar-refractivity contribution in [3.63, 3.8) is 0 Å². The minimum atomic E-state index is -1.14. The molecule has 1 saturated carbocycles. The lowest BCUT2D eigenvalue weighted by Gasteiger charge is -2.19. The van der Waals surface area contributed by atoms with Crippen molar-refractivity contribution in [3.05, 3.63) is 28.8 Å². The Morgan fingerprint density at radius 3 is 2.67 bits per heavy atom. The van der Waals surface area contributed by atoms with Gasteiger partial charge in [-0.3, -0.25) is 4.79 Å². The average molecular weight is 312 g/mol. The zero-order chi connectivity index (χ0) is 15.4. The smallest absolute Gasteiger partial charge is 0.339 e. The number of carboxylic acid groups (broad SMARTS) is 1. The number of rotatable bonds is 5. The van der Waals surface area contributed by atoms with E-state index in [1.807, 2.05) is 0 Å². The van der Waals surface area contributed by atoms with Crippen LogP contribution >= 0.6 is 11.6 Å². The van der Waals surface area contributed by atoms with Gasteiger partial charge in [-0.25, -0.2) is 4.79 Å². The van der Waals surface area contributed by atoms with Gasteiger partial charge in [-0.15, -0.1) is 0 Å². The first-order valence-electron chi connectivity index (χ1n) is 6.97. The Hall–Kier alpha value is -1.75. The van der Waals surface area contributed by atoms with E-state index in [0.29, 0.717) is 5.02 Å². The van der Waals surface area contributed by atoms with Crippen LogP contribution in [0, 0.1) is 0 Å². The summed E-state index contributed by atoms with van der Waals surface area (Å²) in [6, 6.07) is 4.50. The van der Waals surface area contributed by atoms with Gasteiger partial charge in [0.25, 0.3) is 5.91 Å². The first kappa shape index (κ1) is 15.6. The van der Waals surface area contributed by atoms with Crippen molar-refractivity contribution in [2.75, 3.05) is 0 Å². The highest BCUT2D eigenvalue weighted by molar-refractivity contribution is 6.31. The van der Waals surface area contributed by atoms with Gasteiger partial charge in [0.05, 0.1) is 0 Å². The molecule has 0 heterocycles. The van der Waals surface area contributed by atoms with Crippen molar-refractivity contribution in [1.29, 1.82) is 0 Å². The molecule has 5 nitrogen and oxygen atoms in total. The number of aromatic carboxylic acids is 1. The number of hydrogen-bond donors (Lipinski definition) is 2. The third-order valence-electron chi connectivity index (χ3n) is 3.55. The van der Waals surface area contributed by atoms with E-state index in [-0.39, 0.29) is 23.3 Å². The summed E-state index contributed by atoms with van der Waals surface area (Å²) in [5.41, 5.74) is -0.0528. The second kappa shape index (κ2) is 6.80. The number of benzene rings is 1. The Kier molecular flexibility index (Phi) is 5.07. The topological polar surface area (TPSA) is 75.6 Å². The Morgan fingerprint density at radius 2 is 2.05 bits per heavy atom. The summed E-state index contributed by atoms with van der Waals surface area (Å²) in [6.07, 6.45) is 3.46. The summed E-state index contributed by atoms with van der Waals surface area (Å²) in [7, 11) is 0. The molecule has 1 amide bonds. The summed E-state index contributed by atoms with van der Waals surface area (Å²) in [5.74, 6) is -1.23. The van der Waals surface area contributed by atoms with Crippen molar-refractivity contribution in [3.8, 4) is 5.75 Å². The predicted molar refractivity (Wildman–Crippen MR) is 78.9 cm³/mol. The minimum Gasteiger partial charge on any atom is -0.480 e. The SMILES string of the molecule is CC(Oc1ccc(Cl)cc1C(=O)O)C(=O)NC1CCCC1. The van der Waals surface area contributed by atoms with E-state index in [0.717, 1.165) is 25.7 Å². The predicted octanol–water partition coefficient (Wildman–Crippen LogP) is 2.86. The number of nitrogens with one attached hydrogen (secondary N) is 1. The lowest BCUT2D eigenvalue weighted by molar-refractivity contribution is -0.128. The number of carbonyl (C=O) groups excluding carboxylic acids is 1. The number of ether oxygens (including phenoxy) is 1. The van der Waals surface area contributed by atoms with Crippen LogP contribution in [-0.4, -0.2) is 29.1 Å². The molecule has 0 spiro atoms. The van der Waals surface area contributed by atoms with Gasteiger partial charge in [0.2, 0.25) is 0 Å². The fraction of sp³-hybridized carbons (Fsp3) is 0.467. The quantitative estimate of drug-likeness (QED) is 0.876. The molecule has 21 heavy (non-hydrogen) atoms. The second-order valence-corrected chi connectivity index (χ2v) is 5.63. The number of carbonyl (C=O) groups is 2. The lowest BCUT2D eigenvalue weighted by atomic mass is 10.2. The van der Waals surface area contributed by atoms with Crippen molar-refractivity contribution >= 4 is 23.5 Å². The zero-order valence-electron chi connectivity index (χ0n) is 11.8. The molecule has 114 valence electrons. The van der Waals surface area contributed by atoms with E-state index in [2.05, 4.69) is 5.32 Å². The highest BCUT2D eigenvalue weighted by Gasteiger charge is 2.23.